The summed E-state index contributed by atoms with van der Waals surface area (Å²) in [6, 6.07) is 13.7. The van der Waals surface area contributed by atoms with Crippen molar-refractivity contribution in [3.05, 3.63) is 60.3 Å². The summed E-state index contributed by atoms with van der Waals surface area (Å²) in [5.74, 6) is 0. The number of aromatic nitrogens is 1. The van der Waals surface area contributed by atoms with E-state index in [1.54, 1.807) is 18.2 Å². The summed E-state index contributed by atoms with van der Waals surface area (Å²) < 4.78 is 50.2. The van der Waals surface area contributed by atoms with E-state index in [9.17, 15) is 22.1 Å². The largest absolute Gasteiger partial charge is 0.268 e. The second-order valence-electron chi connectivity index (χ2n) is 4.86. The van der Waals surface area contributed by atoms with Crippen LogP contribution in [0.3, 0.4) is 0 Å². The molecule has 0 aliphatic rings. The van der Waals surface area contributed by atoms with Crippen LogP contribution in [-0.4, -0.2) is 20.8 Å². The Morgan fingerprint density at radius 1 is 0.958 bits per heavy atom. The molecule has 0 saturated carbocycles. The SMILES string of the molecule is N#Cc1cccc2c1c(S(=O)(=O)Cl)cn2S(=O)(=O)c1ccccc1. The lowest BCUT2D eigenvalue weighted by molar-refractivity contribution is 0.589. The first-order valence-electron chi connectivity index (χ1n) is 6.56. The number of benzene rings is 2. The molecule has 0 atom stereocenters. The van der Waals surface area contributed by atoms with Crippen molar-refractivity contribution >= 4 is 40.7 Å². The number of hydrogen-bond donors (Lipinski definition) is 0. The van der Waals surface area contributed by atoms with Crippen LogP contribution < -0.4 is 0 Å². The molecule has 0 aliphatic heterocycles. The molecule has 0 N–H and O–H groups in total. The molecular formula is C15H9ClN2O4S2. The molecule has 1 heterocycles. The molecule has 1 aromatic heterocycles. The summed E-state index contributed by atoms with van der Waals surface area (Å²) in [6.07, 6.45) is 0.927. The van der Waals surface area contributed by atoms with Gasteiger partial charge < -0.3 is 0 Å². The monoisotopic (exact) mass is 380 g/mol. The van der Waals surface area contributed by atoms with Crippen LogP contribution in [0.1, 0.15) is 5.56 Å². The van der Waals surface area contributed by atoms with Gasteiger partial charge in [-0.1, -0.05) is 24.3 Å². The summed E-state index contributed by atoms with van der Waals surface area (Å²) in [5.41, 5.74) is 0.0888. The van der Waals surface area contributed by atoms with Gasteiger partial charge in [-0.3, -0.25) is 0 Å². The highest BCUT2D eigenvalue weighted by molar-refractivity contribution is 8.14. The van der Waals surface area contributed by atoms with Crippen LogP contribution in [0, 0.1) is 11.3 Å². The van der Waals surface area contributed by atoms with E-state index in [-0.39, 0.29) is 21.4 Å². The Morgan fingerprint density at radius 3 is 2.21 bits per heavy atom. The van der Waals surface area contributed by atoms with Gasteiger partial charge in [-0.25, -0.2) is 20.8 Å². The number of hydrogen-bond acceptors (Lipinski definition) is 5. The highest BCUT2D eigenvalue weighted by Gasteiger charge is 2.27. The first kappa shape index (κ1) is 16.5. The van der Waals surface area contributed by atoms with Crippen LogP contribution in [0.25, 0.3) is 10.9 Å². The summed E-state index contributed by atoms with van der Waals surface area (Å²) in [4.78, 5) is -0.432. The summed E-state index contributed by atoms with van der Waals surface area (Å²) in [7, 11) is -2.86. The molecule has 3 aromatic rings. The third-order valence-electron chi connectivity index (χ3n) is 3.44. The molecule has 122 valence electrons. The molecule has 0 fully saturated rings. The first-order valence-corrected chi connectivity index (χ1v) is 10.3. The van der Waals surface area contributed by atoms with Gasteiger partial charge in [-0.2, -0.15) is 5.26 Å². The summed E-state index contributed by atoms with van der Waals surface area (Å²) >= 11 is 0. The number of nitrogens with zero attached hydrogens (tertiary/aromatic N) is 2. The number of halogens is 1. The molecule has 2 aromatic carbocycles. The van der Waals surface area contributed by atoms with Crippen molar-refractivity contribution in [1.82, 2.24) is 3.97 Å². The summed E-state index contributed by atoms with van der Waals surface area (Å²) in [6.45, 7) is 0. The Labute approximate surface area is 143 Å². The van der Waals surface area contributed by atoms with Gasteiger partial charge in [-0.05, 0) is 24.3 Å². The maximum absolute atomic E-state index is 12.8. The molecule has 0 bridgehead atoms. The molecule has 3 rings (SSSR count). The fourth-order valence-corrected chi connectivity index (χ4v) is 4.90. The zero-order valence-electron chi connectivity index (χ0n) is 11.9. The highest BCUT2D eigenvalue weighted by Crippen LogP contribution is 2.33. The lowest BCUT2D eigenvalue weighted by atomic mass is 10.1. The van der Waals surface area contributed by atoms with E-state index in [4.69, 9.17) is 10.7 Å². The predicted octanol–water partition coefficient (Wildman–Crippen LogP) is 2.68. The minimum atomic E-state index is -4.25. The van der Waals surface area contributed by atoms with Crippen LogP contribution in [0.2, 0.25) is 0 Å². The third kappa shape index (κ3) is 2.57. The van der Waals surface area contributed by atoms with Gasteiger partial charge in [0, 0.05) is 22.3 Å². The zero-order valence-corrected chi connectivity index (χ0v) is 14.3. The minimum Gasteiger partial charge on any atom is -0.240 e. The predicted molar refractivity (Wildman–Crippen MR) is 88.7 cm³/mol. The van der Waals surface area contributed by atoms with Crippen molar-refractivity contribution in [2.24, 2.45) is 0 Å². The lowest BCUT2D eigenvalue weighted by Crippen LogP contribution is -2.11. The van der Waals surface area contributed by atoms with Crippen LogP contribution >= 0.6 is 10.7 Å². The molecule has 0 aliphatic carbocycles. The van der Waals surface area contributed by atoms with Crippen LogP contribution in [0.15, 0.2) is 64.5 Å². The third-order valence-corrected chi connectivity index (χ3v) is 6.47. The van der Waals surface area contributed by atoms with Crippen LogP contribution in [0.4, 0.5) is 0 Å². The highest BCUT2D eigenvalue weighted by atomic mass is 35.7. The molecule has 0 unspecified atom stereocenters. The van der Waals surface area contributed by atoms with E-state index in [0.29, 0.717) is 0 Å². The second kappa shape index (κ2) is 5.63. The average Bonchev–Trinajstić information content (AvgIpc) is 2.96. The normalized spacial score (nSPS) is 12.2. The Balaban J connectivity index is 2.47. The fourth-order valence-electron chi connectivity index (χ4n) is 2.41. The molecule has 9 heteroatoms. The van der Waals surface area contributed by atoms with Crippen LogP contribution in [0.5, 0.6) is 0 Å². The molecule has 0 amide bonds. The van der Waals surface area contributed by atoms with Gasteiger partial charge in [0.05, 0.1) is 22.0 Å². The number of fused-ring (bicyclic) bond motifs is 1. The molecule has 6 nitrogen and oxygen atoms in total. The lowest BCUT2D eigenvalue weighted by Gasteiger charge is -2.07. The smallest absolute Gasteiger partial charge is 0.240 e. The van der Waals surface area contributed by atoms with Crippen molar-refractivity contribution in [1.29, 1.82) is 5.26 Å². The van der Waals surface area contributed by atoms with Crippen LogP contribution in [-0.2, 0) is 19.1 Å². The Morgan fingerprint density at radius 2 is 1.62 bits per heavy atom. The van der Waals surface area contributed by atoms with Gasteiger partial charge >= 0.3 is 0 Å². The van der Waals surface area contributed by atoms with Crippen molar-refractivity contribution in [2.75, 3.05) is 0 Å². The topological polar surface area (TPSA) is 97.0 Å². The van der Waals surface area contributed by atoms with E-state index >= 15 is 0 Å². The van der Waals surface area contributed by atoms with Gasteiger partial charge in [0.25, 0.3) is 19.1 Å². The van der Waals surface area contributed by atoms with Gasteiger partial charge in [0.15, 0.2) is 0 Å². The number of nitriles is 1. The second-order valence-corrected chi connectivity index (χ2v) is 9.21. The minimum absolute atomic E-state index is 0.0113. The Bertz CT molecular complexity index is 1190. The fraction of sp³-hybridized carbons (Fsp3) is 0. The van der Waals surface area contributed by atoms with Gasteiger partial charge in [0.1, 0.15) is 4.90 Å². The van der Waals surface area contributed by atoms with Crippen molar-refractivity contribution in [3.63, 3.8) is 0 Å². The average molecular weight is 381 g/mol. The van der Waals surface area contributed by atoms with E-state index in [1.165, 1.54) is 30.3 Å². The molecule has 0 spiro atoms. The van der Waals surface area contributed by atoms with E-state index in [0.717, 1.165) is 10.2 Å². The van der Waals surface area contributed by atoms with Gasteiger partial charge in [0.2, 0.25) is 0 Å². The number of rotatable bonds is 3. The van der Waals surface area contributed by atoms with Gasteiger partial charge in [-0.15, -0.1) is 0 Å². The van der Waals surface area contributed by atoms with E-state index in [1.807, 2.05) is 6.07 Å². The quantitative estimate of drug-likeness (QED) is 0.651. The summed E-state index contributed by atoms with van der Waals surface area (Å²) in [5, 5.41) is 9.19. The molecule has 0 saturated heterocycles. The maximum Gasteiger partial charge on any atom is 0.268 e. The van der Waals surface area contributed by atoms with Crippen molar-refractivity contribution < 1.29 is 16.8 Å². The first-order chi connectivity index (χ1) is 11.3. The standard InChI is InChI=1S/C15H9ClN2O4S2/c16-23(19,20)14-10-18(13-8-4-5-11(9-17)15(13)14)24(21,22)12-6-2-1-3-7-12/h1-8,10H. The zero-order chi connectivity index (χ0) is 17.5. The van der Waals surface area contributed by atoms with E-state index in [2.05, 4.69) is 0 Å². The van der Waals surface area contributed by atoms with Crippen molar-refractivity contribution in [2.45, 2.75) is 9.79 Å². The maximum atomic E-state index is 12.8. The Hall–Kier alpha value is -2.34. The molecular weight excluding hydrogens is 372 g/mol. The Kier molecular flexibility index (Phi) is 3.87. The van der Waals surface area contributed by atoms with E-state index < -0.39 is 24.0 Å². The van der Waals surface area contributed by atoms with Crippen molar-refractivity contribution in [3.8, 4) is 6.07 Å². The molecule has 24 heavy (non-hydrogen) atoms. The molecule has 0 radical (unpaired) electrons.